The van der Waals surface area contributed by atoms with Gasteiger partial charge in [-0.2, -0.15) is 0 Å². The minimum atomic E-state index is -2.23. The Hall–Kier alpha value is -0.180. The fourth-order valence-corrected chi connectivity index (χ4v) is 2.99. The van der Waals surface area contributed by atoms with Crippen LogP contribution in [-0.4, -0.2) is 18.5 Å². The van der Waals surface area contributed by atoms with Crippen molar-refractivity contribution in [2.45, 2.75) is 57.5 Å². The first-order valence-electron chi connectivity index (χ1n) is 5.71. The number of halogens is 2. The molecule has 3 rings (SSSR count). The number of alkyl halides is 2. The summed E-state index contributed by atoms with van der Waals surface area (Å²) in [6, 6.07) is -0.272. The SMILES string of the molecule is CC(NC1CC2CCC1CC2)C(F)F. The molecular weight excluding hydrogens is 184 g/mol. The number of fused-ring (bicyclic) bond motifs is 3. The van der Waals surface area contributed by atoms with Crippen molar-refractivity contribution in [3.8, 4) is 0 Å². The van der Waals surface area contributed by atoms with Crippen molar-refractivity contribution in [2.24, 2.45) is 11.8 Å². The van der Waals surface area contributed by atoms with E-state index in [-0.39, 0.29) is 0 Å². The largest absolute Gasteiger partial charge is 0.306 e. The molecular formula is C11H19F2N. The molecule has 2 atom stereocenters. The molecule has 1 N–H and O–H groups in total. The van der Waals surface area contributed by atoms with E-state index in [0.29, 0.717) is 12.0 Å². The van der Waals surface area contributed by atoms with Gasteiger partial charge in [0.1, 0.15) is 0 Å². The van der Waals surface area contributed by atoms with E-state index in [1.54, 1.807) is 6.92 Å². The summed E-state index contributed by atoms with van der Waals surface area (Å²) >= 11 is 0. The monoisotopic (exact) mass is 203 g/mol. The molecule has 0 amide bonds. The molecule has 3 fully saturated rings. The van der Waals surface area contributed by atoms with Crippen molar-refractivity contribution in [3.63, 3.8) is 0 Å². The first-order chi connectivity index (χ1) is 6.66. The average molecular weight is 203 g/mol. The van der Waals surface area contributed by atoms with Gasteiger partial charge < -0.3 is 5.32 Å². The Morgan fingerprint density at radius 1 is 1.14 bits per heavy atom. The fourth-order valence-electron chi connectivity index (χ4n) is 2.99. The Balaban J connectivity index is 1.86. The summed E-state index contributed by atoms with van der Waals surface area (Å²) in [4.78, 5) is 0. The lowest BCUT2D eigenvalue weighted by molar-refractivity contribution is 0.0640. The van der Waals surface area contributed by atoms with Crippen molar-refractivity contribution < 1.29 is 8.78 Å². The lowest BCUT2D eigenvalue weighted by Gasteiger charge is -2.43. The molecule has 3 aliphatic carbocycles. The summed E-state index contributed by atoms with van der Waals surface area (Å²) in [6.07, 6.45) is 4.05. The second kappa shape index (κ2) is 4.13. The highest BCUT2D eigenvalue weighted by atomic mass is 19.3. The first-order valence-corrected chi connectivity index (χ1v) is 5.71. The van der Waals surface area contributed by atoms with E-state index in [1.807, 2.05) is 0 Å². The maximum atomic E-state index is 12.4. The molecule has 0 aromatic rings. The Bertz CT molecular complexity index is 188. The molecule has 0 radical (unpaired) electrons. The van der Waals surface area contributed by atoms with Crippen LogP contribution in [0.1, 0.15) is 39.0 Å². The third-order valence-electron chi connectivity index (χ3n) is 3.90. The van der Waals surface area contributed by atoms with E-state index < -0.39 is 12.5 Å². The summed E-state index contributed by atoms with van der Waals surface area (Å²) in [5.74, 6) is 1.48. The standard InChI is InChI=1S/C11H19F2N/c1-7(11(12)13)14-10-6-8-2-4-9(10)5-3-8/h7-11,14H,2-6H2,1H3. The molecule has 0 aromatic carbocycles. The van der Waals surface area contributed by atoms with Crippen molar-refractivity contribution in [1.82, 2.24) is 5.32 Å². The number of nitrogens with one attached hydrogen (secondary N) is 1. The summed E-state index contributed by atoms with van der Waals surface area (Å²) in [5.41, 5.74) is 0. The lowest BCUT2D eigenvalue weighted by atomic mass is 9.68. The van der Waals surface area contributed by atoms with Crippen molar-refractivity contribution in [2.75, 3.05) is 0 Å². The van der Waals surface area contributed by atoms with E-state index in [9.17, 15) is 8.78 Å². The molecule has 14 heavy (non-hydrogen) atoms. The normalized spacial score (nSPS) is 39.0. The number of hydrogen-bond acceptors (Lipinski definition) is 1. The number of rotatable bonds is 3. The Labute approximate surface area is 84.3 Å². The van der Waals surface area contributed by atoms with Crippen LogP contribution < -0.4 is 5.32 Å². The van der Waals surface area contributed by atoms with Crippen LogP contribution in [0.3, 0.4) is 0 Å². The predicted octanol–water partition coefficient (Wildman–Crippen LogP) is 2.81. The summed E-state index contributed by atoms with van der Waals surface area (Å²) in [7, 11) is 0. The van der Waals surface area contributed by atoms with Gasteiger partial charge in [-0.3, -0.25) is 0 Å². The molecule has 2 unspecified atom stereocenters. The van der Waals surface area contributed by atoms with Crippen LogP contribution in [0.5, 0.6) is 0 Å². The fraction of sp³-hybridized carbons (Fsp3) is 1.00. The van der Waals surface area contributed by atoms with Gasteiger partial charge in [-0.25, -0.2) is 8.78 Å². The molecule has 82 valence electrons. The topological polar surface area (TPSA) is 12.0 Å². The molecule has 0 spiro atoms. The van der Waals surface area contributed by atoms with Gasteiger partial charge in [-0.1, -0.05) is 12.8 Å². The maximum Gasteiger partial charge on any atom is 0.253 e. The van der Waals surface area contributed by atoms with Crippen LogP contribution in [0, 0.1) is 11.8 Å². The first kappa shape index (κ1) is 10.3. The van der Waals surface area contributed by atoms with Gasteiger partial charge in [0.25, 0.3) is 6.43 Å². The van der Waals surface area contributed by atoms with Crippen LogP contribution in [-0.2, 0) is 0 Å². The van der Waals surface area contributed by atoms with Crippen LogP contribution in [0.25, 0.3) is 0 Å². The van der Waals surface area contributed by atoms with Gasteiger partial charge in [-0.05, 0) is 38.0 Å². The zero-order valence-corrected chi connectivity index (χ0v) is 8.68. The molecule has 0 aliphatic heterocycles. The van der Waals surface area contributed by atoms with Crippen molar-refractivity contribution in [1.29, 1.82) is 0 Å². The Morgan fingerprint density at radius 2 is 1.79 bits per heavy atom. The molecule has 0 aromatic heterocycles. The number of hydrogen-bond donors (Lipinski definition) is 1. The minimum Gasteiger partial charge on any atom is -0.306 e. The third-order valence-corrected chi connectivity index (χ3v) is 3.90. The highest BCUT2D eigenvalue weighted by molar-refractivity contribution is 4.91. The summed E-state index contributed by atoms with van der Waals surface area (Å²) in [5, 5.41) is 3.10. The zero-order chi connectivity index (χ0) is 10.1. The van der Waals surface area contributed by atoms with Gasteiger partial charge in [0, 0.05) is 6.04 Å². The molecule has 1 nitrogen and oxygen atoms in total. The highest BCUT2D eigenvalue weighted by Gasteiger charge is 2.36. The van der Waals surface area contributed by atoms with Crippen molar-refractivity contribution in [3.05, 3.63) is 0 Å². The lowest BCUT2D eigenvalue weighted by Crippen LogP contribution is -2.49. The summed E-state index contributed by atoms with van der Waals surface area (Å²) in [6.45, 7) is 1.59. The smallest absolute Gasteiger partial charge is 0.253 e. The van der Waals surface area contributed by atoms with E-state index >= 15 is 0 Å². The average Bonchev–Trinajstić information content (AvgIpc) is 2.19. The van der Waals surface area contributed by atoms with Gasteiger partial charge in [-0.15, -0.1) is 0 Å². The van der Waals surface area contributed by atoms with E-state index in [0.717, 1.165) is 12.3 Å². The van der Waals surface area contributed by atoms with Gasteiger partial charge in [0.05, 0.1) is 6.04 Å². The van der Waals surface area contributed by atoms with E-state index in [1.165, 1.54) is 25.7 Å². The quantitative estimate of drug-likeness (QED) is 0.743. The van der Waals surface area contributed by atoms with Gasteiger partial charge in [0.15, 0.2) is 0 Å². The Kier molecular flexibility index (Phi) is 3.05. The third kappa shape index (κ3) is 2.08. The van der Waals surface area contributed by atoms with E-state index in [2.05, 4.69) is 5.32 Å². The van der Waals surface area contributed by atoms with Crippen LogP contribution in [0.4, 0.5) is 8.78 Å². The second-order valence-electron chi connectivity index (χ2n) is 4.91. The molecule has 3 heteroatoms. The molecule has 2 bridgehead atoms. The minimum absolute atomic E-state index is 0.367. The molecule has 3 aliphatic rings. The van der Waals surface area contributed by atoms with Crippen molar-refractivity contribution >= 4 is 0 Å². The second-order valence-corrected chi connectivity index (χ2v) is 4.91. The predicted molar refractivity (Wildman–Crippen MR) is 52.5 cm³/mol. The summed E-state index contributed by atoms with van der Waals surface area (Å²) < 4.78 is 24.7. The maximum absolute atomic E-state index is 12.4. The van der Waals surface area contributed by atoms with Crippen LogP contribution >= 0.6 is 0 Å². The Morgan fingerprint density at radius 3 is 2.21 bits per heavy atom. The molecule has 0 saturated heterocycles. The van der Waals surface area contributed by atoms with Gasteiger partial charge >= 0.3 is 0 Å². The van der Waals surface area contributed by atoms with E-state index in [4.69, 9.17) is 0 Å². The van der Waals surface area contributed by atoms with Crippen LogP contribution in [0.15, 0.2) is 0 Å². The molecule has 0 heterocycles. The molecule has 3 saturated carbocycles. The highest BCUT2D eigenvalue weighted by Crippen LogP contribution is 2.41. The zero-order valence-electron chi connectivity index (χ0n) is 8.68. The van der Waals surface area contributed by atoms with Crippen LogP contribution in [0.2, 0.25) is 0 Å². The van der Waals surface area contributed by atoms with Gasteiger partial charge in [0.2, 0.25) is 0 Å².